The molecule has 0 amide bonds. The van der Waals surface area contributed by atoms with Gasteiger partial charge in [0.05, 0.1) is 17.2 Å². The SMILES string of the molecule is O=[N+]([O-])c1cccc(-c2noc(CNc3ccccc3OC(F)F)n2)c1. The Hall–Kier alpha value is -3.56. The van der Waals surface area contributed by atoms with Crippen LogP contribution in [0.5, 0.6) is 5.75 Å². The predicted octanol–water partition coefficient (Wildman–Crippen LogP) is 3.86. The van der Waals surface area contributed by atoms with Crippen LogP contribution in [-0.4, -0.2) is 21.7 Å². The minimum Gasteiger partial charge on any atom is -0.433 e. The predicted molar refractivity (Wildman–Crippen MR) is 86.8 cm³/mol. The summed E-state index contributed by atoms with van der Waals surface area (Å²) < 4.78 is 34.3. The molecule has 0 fully saturated rings. The van der Waals surface area contributed by atoms with Gasteiger partial charge < -0.3 is 14.6 Å². The molecule has 0 bridgehead atoms. The molecule has 0 saturated carbocycles. The van der Waals surface area contributed by atoms with Gasteiger partial charge in [-0.1, -0.05) is 29.4 Å². The number of aromatic nitrogens is 2. The Morgan fingerprint density at radius 3 is 2.81 bits per heavy atom. The minimum atomic E-state index is -2.94. The van der Waals surface area contributed by atoms with Gasteiger partial charge in [0.1, 0.15) is 5.75 Å². The second-order valence-corrected chi connectivity index (χ2v) is 5.05. The Labute approximate surface area is 145 Å². The summed E-state index contributed by atoms with van der Waals surface area (Å²) in [5, 5.41) is 17.5. The summed E-state index contributed by atoms with van der Waals surface area (Å²) in [5.41, 5.74) is 0.670. The number of nitrogens with zero attached hydrogens (tertiary/aromatic N) is 3. The highest BCUT2D eigenvalue weighted by atomic mass is 19.3. The van der Waals surface area contributed by atoms with Crippen LogP contribution in [0.25, 0.3) is 11.4 Å². The molecule has 0 aliphatic carbocycles. The first kappa shape index (κ1) is 17.3. The number of benzene rings is 2. The lowest BCUT2D eigenvalue weighted by atomic mass is 10.2. The molecule has 0 aliphatic rings. The molecule has 0 unspecified atom stereocenters. The van der Waals surface area contributed by atoms with Gasteiger partial charge in [-0.05, 0) is 12.1 Å². The first-order valence-electron chi connectivity index (χ1n) is 7.38. The number of hydrogen-bond donors (Lipinski definition) is 1. The number of nitro benzene ring substituents is 1. The van der Waals surface area contributed by atoms with E-state index >= 15 is 0 Å². The molecule has 0 radical (unpaired) electrons. The van der Waals surface area contributed by atoms with E-state index in [1.165, 1.54) is 24.3 Å². The lowest BCUT2D eigenvalue weighted by Gasteiger charge is -2.10. The monoisotopic (exact) mass is 362 g/mol. The van der Waals surface area contributed by atoms with E-state index in [4.69, 9.17) is 4.52 Å². The van der Waals surface area contributed by atoms with Gasteiger partial charge >= 0.3 is 6.61 Å². The number of para-hydroxylation sites is 2. The fourth-order valence-electron chi connectivity index (χ4n) is 2.18. The Bertz CT molecular complexity index is 917. The number of alkyl halides is 2. The van der Waals surface area contributed by atoms with E-state index < -0.39 is 11.5 Å². The van der Waals surface area contributed by atoms with Crippen molar-refractivity contribution in [2.45, 2.75) is 13.2 Å². The molecule has 3 aromatic rings. The highest BCUT2D eigenvalue weighted by Crippen LogP contribution is 2.26. The topological polar surface area (TPSA) is 103 Å². The average Bonchev–Trinajstić information content (AvgIpc) is 3.10. The number of anilines is 1. The molecule has 1 aromatic heterocycles. The van der Waals surface area contributed by atoms with Crippen molar-refractivity contribution >= 4 is 11.4 Å². The van der Waals surface area contributed by atoms with E-state index in [0.29, 0.717) is 11.3 Å². The summed E-state index contributed by atoms with van der Waals surface area (Å²) in [6.45, 7) is -2.88. The molecule has 134 valence electrons. The maximum atomic E-state index is 12.4. The van der Waals surface area contributed by atoms with Crippen LogP contribution in [0, 0.1) is 10.1 Å². The van der Waals surface area contributed by atoms with Crippen LogP contribution in [-0.2, 0) is 6.54 Å². The average molecular weight is 362 g/mol. The molecule has 0 spiro atoms. The van der Waals surface area contributed by atoms with Crippen LogP contribution in [0.3, 0.4) is 0 Å². The van der Waals surface area contributed by atoms with Crippen molar-refractivity contribution in [1.29, 1.82) is 0 Å². The van der Waals surface area contributed by atoms with E-state index in [9.17, 15) is 18.9 Å². The van der Waals surface area contributed by atoms with Gasteiger partial charge in [-0.25, -0.2) is 0 Å². The number of nitro groups is 1. The highest BCUT2D eigenvalue weighted by molar-refractivity contribution is 5.59. The first-order chi connectivity index (χ1) is 12.5. The van der Waals surface area contributed by atoms with E-state index in [-0.39, 0.29) is 29.7 Å². The molecule has 0 saturated heterocycles. The highest BCUT2D eigenvalue weighted by Gasteiger charge is 2.14. The smallest absolute Gasteiger partial charge is 0.387 e. The summed E-state index contributed by atoms with van der Waals surface area (Å²) in [6, 6.07) is 12.0. The maximum absolute atomic E-state index is 12.4. The molecule has 0 atom stereocenters. The van der Waals surface area contributed by atoms with Crippen molar-refractivity contribution in [3.8, 4) is 17.1 Å². The molecule has 1 heterocycles. The standard InChI is InChI=1S/C16H12F2N4O4/c17-16(18)25-13-7-2-1-6-12(13)19-9-14-20-15(21-26-14)10-4-3-5-11(8-10)22(23)24/h1-8,16,19H,9H2. The van der Waals surface area contributed by atoms with Crippen molar-refractivity contribution in [2.24, 2.45) is 0 Å². The minimum absolute atomic E-state index is 0.0130. The van der Waals surface area contributed by atoms with E-state index in [1.807, 2.05) is 0 Å². The molecular formula is C16H12F2N4O4. The first-order valence-corrected chi connectivity index (χ1v) is 7.38. The molecular weight excluding hydrogens is 350 g/mol. The van der Waals surface area contributed by atoms with Gasteiger partial charge in [-0.15, -0.1) is 0 Å². The summed E-state index contributed by atoms with van der Waals surface area (Å²) in [4.78, 5) is 14.4. The summed E-state index contributed by atoms with van der Waals surface area (Å²) >= 11 is 0. The van der Waals surface area contributed by atoms with Gasteiger partial charge in [0.15, 0.2) is 0 Å². The van der Waals surface area contributed by atoms with Crippen molar-refractivity contribution in [2.75, 3.05) is 5.32 Å². The van der Waals surface area contributed by atoms with Crippen LogP contribution in [0.15, 0.2) is 53.1 Å². The number of nitrogens with one attached hydrogen (secondary N) is 1. The van der Waals surface area contributed by atoms with Gasteiger partial charge in [0.25, 0.3) is 5.69 Å². The fourth-order valence-corrected chi connectivity index (χ4v) is 2.18. The largest absolute Gasteiger partial charge is 0.433 e. The van der Waals surface area contributed by atoms with Crippen LogP contribution < -0.4 is 10.1 Å². The van der Waals surface area contributed by atoms with Gasteiger partial charge in [-0.2, -0.15) is 13.8 Å². The Morgan fingerprint density at radius 1 is 1.23 bits per heavy atom. The maximum Gasteiger partial charge on any atom is 0.387 e. The summed E-state index contributed by atoms with van der Waals surface area (Å²) in [6.07, 6.45) is 0. The zero-order valence-corrected chi connectivity index (χ0v) is 13.1. The van der Waals surface area contributed by atoms with Gasteiger partial charge in [-0.3, -0.25) is 10.1 Å². The number of non-ortho nitro benzene ring substituents is 1. The van der Waals surface area contributed by atoms with E-state index in [2.05, 4.69) is 20.2 Å². The van der Waals surface area contributed by atoms with Crippen LogP contribution >= 0.6 is 0 Å². The molecule has 1 N–H and O–H groups in total. The summed E-state index contributed by atoms with van der Waals surface area (Å²) in [7, 11) is 0. The third-order valence-electron chi connectivity index (χ3n) is 3.32. The van der Waals surface area contributed by atoms with Crippen LogP contribution in [0.4, 0.5) is 20.2 Å². The molecule has 26 heavy (non-hydrogen) atoms. The second-order valence-electron chi connectivity index (χ2n) is 5.05. The van der Waals surface area contributed by atoms with Crippen molar-refractivity contribution in [3.63, 3.8) is 0 Å². The third kappa shape index (κ3) is 4.09. The van der Waals surface area contributed by atoms with Gasteiger partial charge in [0.2, 0.25) is 11.7 Å². The van der Waals surface area contributed by atoms with E-state index in [0.717, 1.165) is 0 Å². The van der Waals surface area contributed by atoms with Crippen LogP contribution in [0.2, 0.25) is 0 Å². The fraction of sp³-hybridized carbons (Fsp3) is 0.125. The number of hydrogen-bond acceptors (Lipinski definition) is 7. The van der Waals surface area contributed by atoms with Crippen LogP contribution in [0.1, 0.15) is 5.89 Å². The zero-order valence-electron chi connectivity index (χ0n) is 13.1. The number of ether oxygens (including phenoxy) is 1. The lowest BCUT2D eigenvalue weighted by molar-refractivity contribution is -0.384. The summed E-state index contributed by atoms with van der Waals surface area (Å²) in [5.74, 6) is 0.349. The number of halogens is 2. The Balaban J connectivity index is 1.72. The molecule has 0 aliphatic heterocycles. The second kappa shape index (κ2) is 7.55. The molecule has 10 heteroatoms. The molecule has 3 rings (SSSR count). The van der Waals surface area contributed by atoms with E-state index in [1.54, 1.807) is 24.3 Å². The zero-order chi connectivity index (χ0) is 18.5. The molecule has 2 aromatic carbocycles. The number of rotatable bonds is 7. The van der Waals surface area contributed by atoms with Crippen molar-refractivity contribution in [1.82, 2.24) is 10.1 Å². The third-order valence-corrected chi connectivity index (χ3v) is 3.32. The Kier molecular flexibility index (Phi) is 5.02. The quantitative estimate of drug-likeness (QED) is 0.503. The van der Waals surface area contributed by atoms with Gasteiger partial charge in [0, 0.05) is 17.7 Å². The lowest BCUT2D eigenvalue weighted by Crippen LogP contribution is -2.06. The Morgan fingerprint density at radius 2 is 2.04 bits per heavy atom. The van der Waals surface area contributed by atoms with Crippen molar-refractivity contribution < 1.29 is 23.0 Å². The van der Waals surface area contributed by atoms with Crippen molar-refractivity contribution in [3.05, 3.63) is 64.5 Å². The molecule has 8 nitrogen and oxygen atoms in total. The normalized spacial score (nSPS) is 10.7.